The van der Waals surface area contributed by atoms with Crippen LogP contribution < -0.4 is 5.32 Å². The van der Waals surface area contributed by atoms with Gasteiger partial charge in [0.2, 0.25) is 0 Å². The molecule has 2 heterocycles. The number of hydrogen-bond donors (Lipinski definition) is 1. The highest BCUT2D eigenvalue weighted by Gasteiger charge is 2.30. The molecule has 0 aliphatic carbocycles. The standard InChI is InChI=1S/C17H19F3N2OS/c18-17(19,20)14-5-3-13(4-6-14)16-22-15(11-24-16)9-21-8-12-2-1-7-23-10-12/h3-6,11-12,21H,1-2,7-10H2. The fourth-order valence-electron chi connectivity index (χ4n) is 2.70. The fraction of sp³-hybridized carbons (Fsp3) is 0.471. The smallest absolute Gasteiger partial charge is 0.381 e. The zero-order valence-corrected chi connectivity index (χ0v) is 13.9. The van der Waals surface area contributed by atoms with Gasteiger partial charge in [0.1, 0.15) is 5.01 Å². The summed E-state index contributed by atoms with van der Waals surface area (Å²) >= 11 is 1.44. The second kappa shape index (κ2) is 7.63. The van der Waals surface area contributed by atoms with Gasteiger partial charge in [0.25, 0.3) is 0 Å². The predicted molar refractivity (Wildman–Crippen MR) is 87.8 cm³/mol. The number of alkyl halides is 3. The lowest BCUT2D eigenvalue weighted by Gasteiger charge is -2.22. The van der Waals surface area contributed by atoms with E-state index in [-0.39, 0.29) is 0 Å². The molecule has 3 rings (SSSR count). The Morgan fingerprint density at radius 1 is 1.25 bits per heavy atom. The molecule has 1 aliphatic rings. The summed E-state index contributed by atoms with van der Waals surface area (Å²) in [7, 11) is 0. The molecule has 7 heteroatoms. The minimum Gasteiger partial charge on any atom is -0.381 e. The summed E-state index contributed by atoms with van der Waals surface area (Å²) in [6.07, 6.45) is -2.01. The van der Waals surface area contributed by atoms with Crippen molar-refractivity contribution in [2.24, 2.45) is 5.92 Å². The molecule has 24 heavy (non-hydrogen) atoms. The number of ether oxygens (including phenoxy) is 1. The quantitative estimate of drug-likeness (QED) is 0.865. The van der Waals surface area contributed by atoms with E-state index in [0.29, 0.717) is 18.0 Å². The molecule has 0 spiro atoms. The second-order valence-corrected chi connectivity index (χ2v) is 6.79. The maximum absolute atomic E-state index is 12.6. The molecule has 1 fully saturated rings. The molecule has 0 radical (unpaired) electrons. The van der Waals surface area contributed by atoms with Crippen molar-refractivity contribution < 1.29 is 17.9 Å². The summed E-state index contributed by atoms with van der Waals surface area (Å²) in [6, 6.07) is 5.13. The molecule has 0 amide bonds. The zero-order chi connectivity index (χ0) is 17.0. The first-order chi connectivity index (χ1) is 11.5. The van der Waals surface area contributed by atoms with Crippen LogP contribution in [0.25, 0.3) is 10.6 Å². The Morgan fingerprint density at radius 2 is 2.04 bits per heavy atom. The van der Waals surface area contributed by atoms with E-state index in [0.717, 1.165) is 49.0 Å². The van der Waals surface area contributed by atoms with Crippen molar-refractivity contribution in [3.8, 4) is 10.6 Å². The van der Waals surface area contributed by atoms with E-state index in [1.165, 1.54) is 29.9 Å². The van der Waals surface area contributed by atoms with Crippen LogP contribution in [0.3, 0.4) is 0 Å². The number of benzene rings is 1. The van der Waals surface area contributed by atoms with E-state index < -0.39 is 11.7 Å². The van der Waals surface area contributed by atoms with Gasteiger partial charge in [-0.05, 0) is 30.9 Å². The minimum absolute atomic E-state index is 0.548. The van der Waals surface area contributed by atoms with Crippen molar-refractivity contribution in [1.82, 2.24) is 10.3 Å². The first-order valence-corrected chi connectivity index (χ1v) is 8.81. The van der Waals surface area contributed by atoms with Crippen molar-refractivity contribution >= 4 is 11.3 Å². The van der Waals surface area contributed by atoms with Gasteiger partial charge in [-0.2, -0.15) is 13.2 Å². The number of halogens is 3. The Bertz CT molecular complexity index is 649. The lowest BCUT2D eigenvalue weighted by Crippen LogP contribution is -2.28. The summed E-state index contributed by atoms with van der Waals surface area (Å²) in [4.78, 5) is 4.50. The lowest BCUT2D eigenvalue weighted by molar-refractivity contribution is -0.137. The number of nitrogens with zero attached hydrogens (tertiary/aromatic N) is 1. The van der Waals surface area contributed by atoms with Crippen LogP contribution in [0.2, 0.25) is 0 Å². The van der Waals surface area contributed by atoms with Gasteiger partial charge in [0, 0.05) is 30.6 Å². The van der Waals surface area contributed by atoms with Gasteiger partial charge in [-0.25, -0.2) is 4.98 Å². The molecule has 1 aliphatic heterocycles. The van der Waals surface area contributed by atoms with Crippen molar-refractivity contribution in [3.05, 3.63) is 40.9 Å². The molecule has 130 valence electrons. The molecule has 1 N–H and O–H groups in total. The van der Waals surface area contributed by atoms with Gasteiger partial charge in [-0.15, -0.1) is 11.3 Å². The summed E-state index contributed by atoms with van der Waals surface area (Å²) < 4.78 is 43.2. The second-order valence-electron chi connectivity index (χ2n) is 5.93. The molecular weight excluding hydrogens is 337 g/mol. The Labute approximate surface area is 142 Å². The molecule has 1 saturated heterocycles. The monoisotopic (exact) mass is 356 g/mol. The SMILES string of the molecule is FC(F)(F)c1ccc(-c2nc(CNCC3CCCOC3)cs2)cc1. The lowest BCUT2D eigenvalue weighted by atomic mass is 10.0. The topological polar surface area (TPSA) is 34.2 Å². The van der Waals surface area contributed by atoms with Crippen LogP contribution in [0.4, 0.5) is 13.2 Å². The van der Waals surface area contributed by atoms with Gasteiger partial charge in [0.05, 0.1) is 17.9 Å². The Balaban J connectivity index is 1.55. The van der Waals surface area contributed by atoms with E-state index in [9.17, 15) is 13.2 Å². The summed E-state index contributed by atoms with van der Waals surface area (Å²) in [5, 5.41) is 6.06. The van der Waals surface area contributed by atoms with Gasteiger partial charge in [0.15, 0.2) is 0 Å². The van der Waals surface area contributed by atoms with Crippen LogP contribution in [-0.2, 0) is 17.5 Å². The largest absolute Gasteiger partial charge is 0.416 e. The highest BCUT2D eigenvalue weighted by Crippen LogP contribution is 2.31. The van der Waals surface area contributed by atoms with Crippen LogP contribution in [0.5, 0.6) is 0 Å². The van der Waals surface area contributed by atoms with E-state index in [1.807, 2.05) is 5.38 Å². The third-order valence-corrected chi connectivity index (χ3v) is 4.94. The number of rotatable bonds is 5. The highest BCUT2D eigenvalue weighted by molar-refractivity contribution is 7.13. The summed E-state index contributed by atoms with van der Waals surface area (Å²) in [6.45, 7) is 3.22. The number of thiazole rings is 1. The molecule has 1 atom stereocenters. The van der Waals surface area contributed by atoms with Crippen molar-refractivity contribution in [1.29, 1.82) is 0 Å². The third-order valence-electron chi connectivity index (χ3n) is 4.00. The van der Waals surface area contributed by atoms with Crippen molar-refractivity contribution in [3.63, 3.8) is 0 Å². The van der Waals surface area contributed by atoms with Crippen molar-refractivity contribution in [2.75, 3.05) is 19.8 Å². The van der Waals surface area contributed by atoms with Crippen LogP contribution >= 0.6 is 11.3 Å². The fourth-order valence-corrected chi connectivity index (χ4v) is 3.52. The average Bonchev–Trinajstić information content (AvgIpc) is 3.04. The van der Waals surface area contributed by atoms with Gasteiger partial charge in [-0.1, -0.05) is 12.1 Å². The van der Waals surface area contributed by atoms with Gasteiger partial charge in [-0.3, -0.25) is 0 Å². The average molecular weight is 356 g/mol. The van der Waals surface area contributed by atoms with Crippen LogP contribution in [0.1, 0.15) is 24.1 Å². The predicted octanol–water partition coefficient (Wildman–Crippen LogP) is 4.35. The minimum atomic E-state index is -4.31. The van der Waals surface area contributed by atoms with Crippen LogP contribution in [0.15, 0.2) is 29.6 Å². The third kappa shape index (κ3) is 4.55. The molecule has 0 bridgehead atoms. The molecule has 2 aromatic rings. The van der Waals surface area contributed by atoms with E-state index in [4.69, 9.17) is 4.74 Å². The molecule has 1 aromatic carbocycles. The van der Waals surface area contributed by atoms with Crippen LogP contribution in [-0.4, -0.2) is 24.7 Å². The maximum Gasteiger partial charge on any atom is 0.416 e. The molecule has 1 unspecified atom stereocenters. The molecular formula is C17H19F3N2OS. The van der Waals surface area contributed by atoms with E-state index in [2.05, 4.69) is 10.3 Å². The number of aromatic nitrogens is 1. The summed E-state index contributed by atoms with van der Waals surface area (Å²) in [5.41, 5.74) is 0.978. The molecule has 0 saturated carbocycles. The normalized spacial score (nSPS) is 18.7. The summed E-state index contributed by atoms with van der Waals surface area (Å²) in [5.74, 6) is 0.548. The van der Waals surface area contributed by atoms with Gasteiger partial charge < -0.3 is 10.1 Å². The maximum atomic E-state index is 12.6. The number of nitrogens with one attached hydrogen (secondary N) is 1. The first-order valence-electron chi connectivity index (χ1n) is 7.93. The Hall–Kier alpha value is -1.44. The van der Waals surface area contributed by atoms with Crippen LogP contribution in [0, 0.1) is 5.92 Å². The number of hydrogen-bond acceptors (Lipinski definition) is 4. The zero-order valence-electron chi connectivity index (χ0n) is 13.1. The molecule has 1 aromatic heterocycles. The van der Waals surface area contributed by atoms with E-state index in [1.54, 1.807) is 0 Å². The highest BCUT2D eigenvalue weighted by atomic mass is 32.1. The van der Waals surface area contributed by atoms with E-state index >= 15 is 0 Å². The van der Waals surface area contributed by atoms with Gasteiger partial charge >= 0.3 is 6.18 Å². The Kier molecular flexibility index (Phi) is 5.53. The Morgan fingerprint density at radius 3 is 2.71 bits per heavy atom. The first kappa shape index (κ1) is 17.4. The van der Waals surface area contributed by atoms with Crippen molar-refractivity contribution in [2.45, 2.75) is 25.6 Å². The molecule has 3 nitrogen and oxygen atoms in total.